The number of aromatic hydroxyl groups is 1. The van der Waals surface area contributed by atoms with E-state index in [4.69, 9.17) is 14.2 Å². The second kappa shape index (κ2) is 10.2. The summed E-state index contributed by atoms with van der Waals surface area (Å²) in [6.45, 7) is 2.16. The maximum Gasteiger partial charge on any atom is 0.336 e. The summed E-state index contributed by atoms with van der Waals surface area (Å²) in [6.07, 6.45) is 8.93. The lowest BCUT2D eigenvalue weighted by Crippen LogP contribution is -2.35. The molecule has 7 nitrogen and oxygen atoms in total. The summed E-state index contributed by atoms with van der Waals surface area (Å²) in [5, 5.41) is 10.3. The second-order valence-corrected chi connectivity index (χ2v) is 8.46. The van der Waals surface area contributed by atoms with Crippen LogP contribution in [-0.2, 0) is 19.1 Å². The van der Waals surface area contributed by atoms with Crippen molar-refractivity contribution in [1.29, 1.82) is 0 Å². The van der Waals surface area contributed by atoms with Crippen molar-refractivity contribution in [2.45, 2.75) is 51.0 Å². The summed E-state index contributed by atoms with van der Waals surface area (Å²) in [7, 11) is 2.64. The van der Waals surface area contributed by atoms with E-state index in [-0.39, 0.29) is 17.5 Å². The first-order chi connectivity index (χ1) is 14.9. The van der Waals surface area contributed by atoms with E-state index in [1.54, 1.807) is 24.5 Å². The van der Waals surface area contributed by atoms with E-state index < -0.39 is 17.9 Å². The molecule has 8 heteroatoms. The Hall–Kier alpha value is -2.48. The van der Waals surface area contributed by atoms with Crippen molar-refractivity contribution in [1.82, 2.24) is 4.90 Å². The monoisotopic (exact) mass is 493 g/mol. The predicted molar refractivity (Wildman–Crippen MR) is 119 cm³/mol. The largest absolute Gasteiger partial charge is 0.503 e. The molecule has 1 N–H and O–H groups in total. The van der Waals surface area contributed by atoms with Crippen LogP contribution in [0.1, 0.15) is 50.5 Å². The smallest absolute Gasteiger partial charge is 0.336 e. The molecular formula is C23H28BrNO6. The molecule has 1 saturated carbocycles. The fourth-order valence-electron chi connectivity index (χ4n) is 4.23. The summed E-state index contributed by atoms with van der Waals surface area (Å²) in [5.74, 6) is -1.56. The van der Waals surface area contributed by atoms with Gasteiger partial charge in [-0.15, -0.1) is 0 Å². The molecule has 2 aliphatic rings. The maximum absolute atomic E-state index is 12.8. The molecule has 0 aromatic heterocycles. The average molecular weight is 494 g/mol. The van der Waals surface area contributed by atoms with Crippen LogP contribution in [0.25, 0.3) is 0 Å². The van der Waals surface area contributed by atoms with Gasteiger partial charge in [-0.3, -0.25) is 0 Å². The molecule has 0 bridgehead atoms. The highest BCUT2D eigenvalue weighted by molar-refractivity contribution is 9.10. The van der Waals surface area contributed by atoms with E-state index >= 15 is 0 Å². The first-order valence-electron chi connectivity index (χ1n) is 10.4. The maximum atomic E-state index is 12.8. The number of methoxy groups -OCH3 is 2. The Morgan fingerprint density at radius 1 is 1.06 bits per heavy atom. The molecular weight excluding hydrogens is 466 g/mol. The molecule has 1 fully saturated rings. The minimum Gasteiger partial charge on any atom is -0.503 e. The molecule has 0 unspecified atom stereocenters. The van der Waals surface area contributed by atoms with E-state index in [2.05, 4.69) is 15.9 Å². The quantitative estimate of drug-likeness (QED) is 0.587. The van der Waals surface area contributed by atoms with Crippen molar-refractivity contribution in [3.05, 3.63) is 45.7 Å². The SMILES string of the molecule is CCOc1cc(C2C(C(=O)OC)=CN(C3CCCCC3)C=C2C(=O)OC)cc(Br)c1O. The van der Waals surface area contributed by atoms with Crippen molar-refractivity contribution < 1.29 is 28.9 Å². The number of phenols is 1. The molecule has 0 spiro atoms. The molecule has 1 aliphatic carbocycles. The molecule has 31 heavy (non-hydrogen) atoms. The number of benzene rings is 1. The van der Waals surface area contributed by atoms with Crippen LogP contribution < -0.4 is 4.74 Å². The van der Waals surface area contributed by atoms with Crippen molar-refractivity contribution in [3.63, 3.8) is 0 Å². The number of esters is 2. The van der Waals surface area contributed by atoms with Crippen LogP contribution in [0, 0.1) is 0 Å². The summed E-state index contributed by atoms with van der Waals surface area (Å²) >= 11 is 3.34. The van der Waals surface area contributed by atoms with Gasteiger partial charge in [-0.25, -0.2) is 9.59 Å². The van der Waals surface area contributed by atoms with E-state index in [1.807, 2.05) is 11.8 Å². The molecule has 0 atom stereocenters. The number of rotatable bonds is 6. The topological polar surface area (TPSA) is 85.3 Å². The van der Waals surface area contributed by atoms with Gasteiger partial charge < -0.3 is 24.2 Å². The van der Waals surface area contributed by atoms with Crippen molar-refractivity contribution >= 4 is 27.9 Å². The number of hydrogen-bond acceptors (Lipinski definition) is 7. The van der Waals surface area contributed by atoms with Crippen molar-refractivity contribution in [2.75, 3.05) is 20.8 Å². The van der Waals surface area contributed by atoms with Gasteiger partial charge in [0.1, 0.15) is 0 Å². The zero-order valence-corrected chi connectivity index (χ0v) is 19.6. The van der Waals surface area contributed by atoms with Gasteiger partial charge in [-0.2, -0.15) is 0 Å². The van der Waals surface area contributed by atoms with E-state index in [0.717, 1.165) is 25.7 Å². The molecule has 1 aliphatic heterocycles. The van der Waals surface area contributed by atoms with Crippen molar-refractivity contribution in [2.24, 2.45) is 0 Å². The summed E-state index contributed by atoms with van der Waals surface area (Å²) in [6, 6.07) is 3.52. The Balaban J connectivity index is 2.14. The van der Waals surface area contributed by atoms with Gasteiger partial charge in [0.2, 0.25) is 0 Å². The van der Waals surface area contributed by atoms with Crippen LogP contribution in [0.15, 0.2) is 40.2 Å². The third-order valence-electron chi connectivity index (χ3n) is 5.72. The van der Waals surface area contributed by atoms with E-state index in [1.165, 1.54) is 20.6 Å². The molecule has 0 radical (unpaired) electrons. The van der Waals surface area contributed by atoms with E-state index in [0.29, 0.717) is 27.8 Å². The summed E-state index contributed by atoms with van der Waals surface area (Å²) in [4.78, 5) is 27.6. The van der Waals surface area contributed by atoms with Crippen LogP contribution >= 0.6 is 15.9 Å². The van der Waals surface area contributed by atoms with Gasteiger partial charge in [-0.05, 0) is 53.4 Å². The Kier molecular flexibility index (Phi) is 7.64. The van der Waals surface area contributed by atoms with Crippen LogP contribution in [0.5, 0.6) is 11.5 Å². The molecule has 1 heterocycles. The highest BCUT2D eigenvalue weighted by atomic mass is 79.9. The number of ether oxygens (including phenoxy) is 3. The zero-order chi connectivity index (χ0) is 22.5. The standard InChI is InChI=1S/C23H28BrNO6/c1-4-31-19-11-14(10-18(24)21(19)26)20-16(22(27)29-2)12-25(13-17(20)23(28)30-3)15-8-6-5-7-9-15/h10-13,15,20,26H,4-9H2,1-3H3. The van der Waals surface area contributed by atoms with Crippen LogP contribution in [0.3, 0.4) is 0 Å². The minimum absolute atomic E-state index is 0.0440. The van der Waals surface area contributed by atoms with Crippen LogP contribution in [0.2, 0.25) is 0 Å². The molecule has 1 aromatic rings. The lowest BCUT2D eigenvalue weighted by atomic mass is 9.82. The number of carbonyl (C=O) groups excluding carboxylic acids is 2. The highest BCUT2D eigenvalue weighted by Gasteiger charge is 2.37. The highest BCUT2D eigenvalue weighted by Crippen LogP contribution is 2.44. The van der Waals surface area contributed by atoms with Crippen LogP contribution in [0.4, 0.5) is 0 Å². The minimum atomic E-state index is -0.726. The third-order valence-corrected chi connectivity index (χ3v) is 6.33. The average Bonchev–Trinajstić information content (AvgIpc) is 2.80. The molecule has 0 saturated heterocycles. The second-order valence-electron chi connectivity index (χ2n) is 7.61. The molecule has 1 aromatic carbocycles. The first-order valence-corrected chi connectivity index (χ1v) is 11.2. The van der Waals surface area contributed by atoms with Gasteiger partial charge in [0.25, 0.3) is 0 Å². The Bertz CT molecular complexity index is 870. The third kappa shape index (κ3) is 4.89. The zero-order valence-electron chi connectivity index (χ0n) is 18.0. The molecule has 0 amide bonds. The number of phenolic OH excluding ortho intramolecular Hbond substituents is 1. The summed E-state index contributed by atoms with van der Waals surface area (Å²) in [5.41, 5.74) is 1.26. The lowest BCUT2D eigenvalue weighted by molar-refractivity contribution is -0.137. The van der Waals surface area contributed by atoms with Crippen molar-refractivity contribution in [3.8, 4) is 11.5 Å². The number of hydrogen-bond donors (Lipinski definition) is 1. The Labute approximate surface area is 190 Å². The Morgan fingerprint density at radius 2 is 1.65 bits per heavy atom. The van der Waals surface area contributed by atoms with Crippen LogP contribution in [-0.4, -0.2) is 48.8 Å². The predicted octanol–water partition coefficient (Wildman–Crippen LogP) is 4.40. The number of nitrogens with zero attached hydrogens (tertiary/aromatic N) is 1. The lowest BCUT2D eigenvalue weighted by Gasteiger charge is -2.36. The molecule has 168 valence electrons. The number of halogens is 1. The van der Waals surface area contributed by atoms with Gasteiger partial charge in [0.15, 0.2) is 11.5 Å². The normalized spacial score (nSPS) is 17.6. The van der Waals surface area contributed by atoms with Gasteiger partial charge in [0.05, 0.1) is 42.4 Å². The summed E-state index contributed by atoms with van der Waals surface area (Å²) < 4.78 is 16.1. The first kappa shape index (κ1) is 23.2. The Morgan fingerprint density at radius 3 is 2.16 bits per heavy atom. The van der Waals surface area contributed by atoms with Gasteiger partial charge in [0, 0.05) is 18.4 Å². The molecule has 3 rings (SSSR count). The fraction of sp³-hybridized carbons (Fsp3) is 0.478. The number of carbonyl (C=O) groups is 2. The fourth-order valence-corrected chi connectivity index (χ4v) is 4.69. The van der Waals surface area contributed by atoms with E-state index in [9.17, 15) is 14.7 Å². The van der Waals surface area contributed by atoms with Gasteiger partial charge in [-0.1, -0.05) is 19.3 Å². The van der Waals surface area contributed by atoms with Gasteiger partial charge >= 0.3 is 11.9 Å².